The second-order valence-electron chi connectivity index (χ2n) is 7.38. The fraction of sp³-hybridized carbons (Fsp3) is 0.765. The number of carbonyl (C=O) groups is 1. The summed E-state index contributed by atoms with van der Waals surface area (Å²) >= 11 is 0. The van der Waals surface area contributed by atoms with Crippen molar-refractivity contribution in [3.8, 4) is 0 Å². The van der Waals surface area contributed by atoms with E-state index in [0.29, 0.717) is 13.1 Å². The summed E-state index contributed by atoms with van der Waals surface area (Å²) in [4.78, 5) is 16.8. The van der Waals surface area contributed by atoms with Crippen molar-refractivity contribution >= 4 is 11.7 Å². The van der Waals surface area contributed by atoms with Gasteiger partial charge in [0.15, 0.2) is 0 Å². The van der Waals surface area contributed by atoms with Crippen LogP contribution < -0.4 is 5.32 Å². The van der Waals surface area contributed by atoms with E-state index in [1.807, 2.05) is 51.1 Å². The van der Waals surface area contributed by atoms with Gasteiger partial charge in [-0.05, 0) is 41.5 Å². The molecule has 2 N–H and O–H groups in total. The summed E-state index contributed by atoms with van der Waals surface area (Å²) in [5.41, 5.74) is 1.92. The van der Waals surface area contributed by atoms with Crippen LogP contribution in [0.3, 0.4) is 0 Å². The van der Waals surface area contributed by atoms with Crippen LogP contribution in [0.5, 0.6) is 0 Å². The first-order valence-electron chi connectivity index (χ1n) is 8.68. The summed E-state index contributed by atoms with van der Waals surface area (Å²) in [6.45, 7) is 15.2. The Morgan fingerprint density at radius 1 is 1.38 bits per heavy atom. The molecule has 1 aromatic rings. The minimum atomic E-state index is -0.715. The standard InChI is InChI=1S/C17H31N5O2/c1-7-22-14(4)15(13(3)19-22)18-16(23)21-9-8-20(10-12(21)2)11-17(5,6)24/h12,24H,7-11H2,1-6H3,(H,18,23). The molecule has 0 saturated carbocycles. The number of carbonyl (C=O) groups excluding carboxylic acids is 1. The summed E-state index contributed by atoms with van der Waals surface area (Å²) in [5.74, 6) is 0. The fourth-order valence-corrected chi connectivity index (χ4v) is 3.39. The van der Waals surface area contributed by atoms with Crippen molar-refractivity contribution < 1.29 is 9.90 Å². The summed E-state index contributed by atoms with van der Waals surface area (Å²) < 4.78 is 1.90. The van der Waals surface area contributed by atoms with E-state index in [0.717, 1.165) is 36.7 Å². The predicted molar refractivity (Wildman–Crippen MR) is 95.3 cm³/mol. The summed E-state index contributed by atoms with van der Waals surface area (Å²) in [6.07, 6.45) is 0. The number of hydrogen-bond acceptors (Lipinski definition) is 4. The van der Waals surface area contributed by atoms with E-state index in [1.54, 1.807) is 0 Å². The van der Waals surface area contributed by atoms with E-state index in [1.165, 1.54) is 0 Å². The Bertz CT molecular complexity index is 591. The summed E-state index contributed by atoms with van der Waals surface area (Å²) in [7, 11) is 0. The lowest BCUT2D eigenvalue weighted by atomic mass is 10.1. The number of aromatic nitrogens is 2. The molecule has 1 aromatic heterocycles. The van der Waals surface area contributed by atoms with E-state index in [2.05, 4.69) is 15.3 Å². The number of nitrogens with zero attached hydrogens (tertiary/aromatic N) is 4. The number of anilines is 1. The van der Waals surface area contributed by atoms with Crippen LogP contribution in [-0.2, 0) is 6.54 Å². The number of β-amino-alcohol motifs (C(OH)–C–C–N with tert-alkyl or cyclic N) is 1. The Morgan fingerprint density at radius 2 is 2.04 bits per heavy atom. The van der Waals surface area contributed by atoms with Crippen molar-refractivity contribution in [3.63, 3.8) is 0 Å². The van der Waals surface area contributed by atoms with Gasteiger partial charge in [0.25, 0.3) is 0 Å². The van der Waals surface area contributed by atoms with Crippen molar-refractivity contribution in [2.45, 2.75) is 59.7 Å². The number of piperazine rings is 1. The molecule has 1 fully saturated rings. The Kier molecular flexibility index (Phi) is 5.55. The van der Waals surface area contributed by atoms with Gasteiger partial charge in [-0.1, -0.05) is 0 Å². The first kappa shape index (κ1) is 18.7. The van der Waals surface area contributed by atoms with Crippen molar-refractivity contribution in [2.24, 2.45) is 0 Å². The summed E-state index contributed by atoms with van der Waals surface area (Å²) in [6, 6.07) is 0.0233. The van der Waals surface area contributed by atoms with E-state index in [-0.39, 0.29) is 12.1 Å². The smallest absolute Gasteiger partial charge is 0.322 e. The lowest BCUT2D eigenvalue weighted by molar-refractivity contribution is 0.0130. The highest BCUT2D eigenvalue weighted by molar-refractivity contribution is 5.90. The largest absolute Gasteiger partial charge is 0.389 e. The lowest BCUT2D eigenvalue weighted by Crippen LogP contribution is -2.57. The minimum Gasteiger partial charge on any atom is -0.389 e. The monoisotopic (exact) mass is 337 g/mol. The van der Waals surface area contributed by atoms with Gasteiger partial charge in [-0.15, -0.1) is 0 Å². The molecule has 2 heterocycles. The van der Waals surface area contributed by atoms with Crippen LogP contribution in [0, 0.1) is 13.8 Å². The Labute approximate surface area is 144 Å². The SMILES string of the molecule is CCn1nc(C)c(NC(=O)N2CCN(CC(C)(C)O)CC2C)c1C. The third-order valence-electron chi connectivity index (χ3n) is 4.50. The highest BCUT2D eigenvalue weighted by atomic mass is 16.3. The Morgan fingerprint density at radius 3 is 2.54 bits per heavy atom. The molecule has 136 valence electrons. The topological polar surface area (TPSA) is 73.6 Å². The molecule has 0 spiro atoms. The maximum absolute atomic E-state index is 12.7. The molecule has 1 atom stereocenters. The predicted octanol–water partition coefficient (Wildman–Crippen LogP) is 1.83. The van der Waals surface area contributed by atoms with Gasteiger partial charge >= 0.3 is 6.03 Å². The minimum absolute atomic E-state index is 0.0766. The molecule has 24 heavy (non-hydrogen) atoms. The molecule has 2 amide bonds. The average Bonchev–Trinajstić information content (AvgIpc) is 2.73. The zero-order valence-corrected chi connectivity index (χ0v) is 15.8. The fourth-order valence-electron chi connectivity index (χ4n) is 3.39. The number of amides is 2. The maximum Gasteiger partial charge on any atom is 0.322 e. The van der Waals surface area contributed by atoms with Gasteiger partial charge in [0.05, 0.1) is 22.7 Å². The third kappa shape index (κ3) is 4.27. The van der Waals surface area contributed by atoms with Gasteiger partial charge in [-0.3, -0.25) is 9.58 Å². The maximum atomic E-state index is 12.7. The normalized spacial score (nSPS) is 19.6. The van der Waals surface area contributed by atoms with Crippen molar-refractivity contribution in [2.75, 3.05) is 31.5 Å². The van der Waals surface area contributed by atoms with Crippen LogP contribution >= 0.6 is 0 Å². The molecule has 0 aliphatic carbocycles. The Hall–Kier alpha value is -1.60. The molecule has 1 aliphatic heterocycles. The number of rotatable bonds is 4. The van der Waals surface area contributed by atoms with Gasteiger partial charge in [0, 0.05) is 38.8 Å². The zero-order chi connectivity index (χ0) is 18.1. The molecule has 1 unspecified atom stereocenters. The molecular weight excluding hydrogens is 306 g/mol. The quantitative estimate of drug-likeness (QED) is 0.879. The molecule has 1 aliphatic rings. The Balaban J connectivity index is 2.00. The van der Waals surface area contributed by atoms with E-state index >= 15 is 0 Å². The molecule has 2 rings (SSSR count). The van der Waals surface area contributed by atoms with Gasteiger partial charge in [0.1, 0.15) is 0 Å². The summed E-state index contributed by atoms with van der Waals surface area (Å²) in [5, 5.41) is 17.4. The van der Waals surface area contributed by atoms with Crippen LogP contribution in [0.25, 0.3) is 0 Å². The molecule has 7 nitrogen and oxygen atoms in total. The van der Waals surface area contributed by atoms with Crippen LogP contribution in [0.2, 0.25) is 0 Å². The zero-order valence-electron chi connectivity index (χ0n) is 15.8. The van der Waals surface area contributed by atoms with Gasteiger partial charge < -0.3 is 15.3 Å². The second-order valence-corrected chi connectivity index (χ2v) is 7.38. The number of nitrogens with one attached hydrogen (secondary N) is 1. The van der Waals surface area contributed by atoms with Crippen LogP contribution in [0.4, 0.5) is 10.5 Å². The van der Waals surface area contributed by atoms with E-state index < -0.39 is 5.60 Å². The van der Waals surface area contributed by atoms with Crippen molar-refractivity contribution in [3.05, 3.63) is 11.4 Å². The molecule has 0 aromatic carbocycles. The highest BCUT2D eigenvalue weighted by Gasteiger charge is 2.30. The average molecular weight is 337 g/mol. The molecular formula is C17H31N5O2. The lowest BCUT2D eigenvalue weighted by Gasteiger charge is -2.41. The number of urea groups is 1. The molecule has 1 saturated heterocycles. The van der Waals surface area contributed by atoms with Crippen LogP contribution in [-0.4, -0.2) is 68.5 Å². The second kappa shape index (κ2) is 7.11. The first-order chi connectivity index (χ1) is 11.1. The molecule has 0 radical (unpaired) electrons. The van der Waals surface area contributed by atoms with Crippen LogP contribution in [0.1, 0.15) is 39.1 Å². The van der Waals surface area contributed by atoms with Crippen LogP contribution in [0.15, 0.2) is 0 Å². The van der Waals surface area contributed by atoms with Crippen molar-refractivity contribution in [1.82, 2.24) is 19.6 Å². The van der Waals surface area contributed by atoms with Gasteiger partial charge in [-0.25, -0.2) is 4.79 Å². The number of aryl methyl sites for hydroxylation is 2. The van der Waals surface area contributed by atoms with E-state index in [9.17, 15) is 9.90 Å². The highest BCUT2D eigenvalue weighted by Crippen LogP contribution is 2.21. The van der Waals surface area contributed by atoms with Gasteiger partial charge in [-0.2, -0.15) is 5.10 Å². The first-order valence-corrected chi connectivity index (χ1v) is 8.68. The number of hydrogen-bond donors (Lipinski definition) is 2. The van der Waals surface area contributed by atoms with Crippen molar-refractivity contribution in [1.29, 1.82) is 0 Å². The van der Waals surface area contributed by atoms with Gasteiger partial charge in [0.2, 0.25) is 0 Å². The molecule has 7 heteroatoms. The number of aliphatic hydroxyl groups is 1. The van der Waals surface area contributed by atoms with E-state index in [4.69, 9.17) is 0 Å². The third-order valence-corrected chi connectivity index (χ3v) is 4.50. The molecule has 0 bridgehead atoms.